The van der Waals surface area contributed by atoms with E-state index in [1.54, 1.807) is 42.5 Å². The molecule has 2 heterocycles. The first-order valence-corrected chi connectivity index (χ1v) is 11.1. The quantitative estimate of drug-likeness (QED) is 0.634. The summed E-state index contributed by atoms with van der Waals surface area (Å²) >= 11 is 3.31. The molecule has 2 aromatic rings. The highest BCUT2D eigenvalue weighted by Gasteiger charge is 2.35. The van der Waals surface area contributed by atoms with Gasteiger partial charge in [0.2, 0.25) is 5.91 Å². The number of anilines is 1. The van der Waals surface area contributed by atoms with Crippen LogP contribution in [0.5, 0.6) is 0 Å². The van der Waals surface area contributed by atoms with Gasteiger partial charge in [0, 0.05) is 41.8 Å². The second-order valence-electron chi connectivity index (χ2n) is 7.68. The minimum absolute atomic E-state index is 0.0224. The fraction of sp³-hybridized carbons (Fsp3) is 0.304. The molecule has 0 saturated carbocycles. The minimum Gasteiger partial charge on any atom is -0.339 e. The van der Waals surface area contributed by atoms with Gasteiger partial charge in [0.25, 0.3) is 17.7 Å². The maximum absolute atomic E-state index is 12.5. The monoisotopic (exact) mass is 483 g/mol. The molecule has 7 nitrogen and oxygen atoms in total. The molecule has 0 aliphatic carbocycles. The summed E-state index contributed by atoms with van der Waals surface area (Å²) in [6.45, 7) is 1.71. The Morgan fingerprint density at radius 2 is 1.71 bits per heavy atom. The van der Waals surface area contributed by atoms with Crippen LogP contribution in [0, 0.1) is 0 Å². The summed E-state index contributed by atoms with van der Waals surface area (Å²) in [6.07, 6.45) is 2.55. The average Bonchev–Trinajstić information content (AvgIpc) is 3.37. The molecular weight excluding hydrogens is 462 g/mol. The van der Waals surface area contributed by atoms with Crippen LogP contribution in [0.4, 0.5) is 5.69 Å². The second-order valence-corrected chi connectivity index (χ2v) is 8.60. The number of rotatable bonds is 6. The number of likely N-dealkylation sites (tertiary alicyclic amines) is 1. The summed E-state index contributed by atoms with van der Waals surface area (Å²) in [6, 6.07) is 11.9. The smallest absolute Gasteiger partial charge is 0.261 e. The van der Waals surface area contributed by atoms with Gasteiger partial charge in [0.05, 0.1) is 11.1 Å². The highest BCUT2D eigenvalue weighted by atomic mass is 79.9. The van der Waals surface area contributed by atoms with E-state index in [0.29, 0.717) is 28.8 Å². The van der Waals surface area contributed by atoms with E-state index in [1.165, 1.54) is 4.90 Å². The van der Waals surface area contributed by atoms with Gasteiger partial charge in [-0.3, -0.25) is 24.1 Å². The molecule has 160 valence electrons. The molecule has 0 spiro atoms. The van der Waals surface area contributed by atoms with Crippen LogP contribution in [0.3, 0.4) is 0 Å². The van der Waals surface area contributed by atoms with Gasteiger partial charge in [0.15, 0.2) is 0 Å². The third kappa shape index (κ3) is 4.54. The van der Waals surface area contributed by atoms with Crippen molar-refractivity contribution in [3.8, 4) is 0 Å². The van der Waals surface area contributed by atoms with Crippen molar-refractivity contribution in [1.29, 1.82) is 0 Å². The van der Waals surface area contributed by atoms with Crippen LogP contribution >= 0.6 is 15.9 Å². The van der Waals surface area contributed by atoms with Crippen LogP contribution in [0.1, 0.15) is 56.8 Å². The predicted octanol–water partition coefficient (Wildman–Crippen LogP) is 3.70. The average molecular weight is 484 g/mol. The number of nitrogens with zero attached hydrogens (tertiary/aromatic N) is 2. The number of imide groups is 1. The fourth-order valence-corrected chi connectivity index (χ4v) is 4.28. The van der Waals surface area contributed by atoms with E-state index >= 15 is 0 Å². The molecule has 0 unspecified atom stereocenters. The molecule has 1 fully saturated rings. The van der Waals surface area contributed by atoms with E-state index in [9.17, 15) is 19.2 Å². The van der Waals surface area contributed by atoms with E-state index in [4.69, 9.17) is 0 Å². The van der Waals surface area contributed by atoms with Gasteiger partial charge in [-0.25, -0.2) is 0 Å². The normalized spacial score (nSPS) is 15.4. The molecule has 0 bridgehead atoms. The van der Waals surface area contributed by atoms with Crippen LogP contribution in [-0.4, -0.2) is 53.1 Å². The third-order valence-corrected chi connectivity index (χ3v) is 6.00. The van der Waals surface area contributed by atoms with Crippen molar-refractivity contribution in [3.05, 3.63) is 63.6 Å². The van der Waals surface area contributed by atoms with Crippen LogP contribution in [0.15, 0.2) is 46.9 Å². The highest BCUT2D eigenvalue weighted by Crippen LogP contribution is 2.26. The predicted molar refractivity (Wildman–Crippen MR) is 119 cm³/mol. The first kappa shape index (κ1) is 21.2. The lowest BCUT2D eigenvalue weighted by Gasteiger charge is -2.16. The third-order valence-electron chi connectivity index (χ3n) is 5.50. The topological polar surface area (TPSA) is 86.8 Å². The number of halogens is 1. The molecule has 2 aliphatic heterocycles. The molecule has 0 atom stereocenters. The Labute approximate surface area is 188 Å². The first-order valence-electron chi connectivity index (χ1n) is 10.3. The van der Waals surface area contributed by atoms with E-state index in [2.05, 4.69) is 21.2 Å². The van der Waals surface area contributed by atoms with Gasteiger partial charge in [-0.15, -0.1) is 0 Å². The van der Waals surface area contributed by atoms with Gasteiger partial charge in [-0.1, -0.05) is 22.0 Å². The summed E-state index contributed by atoms with van der Waals surface area (Å²) in [4.78, 5) is 52.8. The number of hydrogen-bond donors (Lipinski definition) is 1. The molecule has 31 heavy (non-hydrogen) atoms. The number of amides is 4. The zero-order valence-corrected chi connectivity index (χ0v) is 18.5. The largest absolute Gasteiger partial charge is 0.339 e. The van der Waals surface area contributed by atoms with Crippen LogP contribution < -0.4 is 5.32 Å². The summed E-state index contributed by atoms with van der Waals surface area (Å²) in [5, 5.41) is 2.80. The Kier molecular flexibility index (Phi) is 6.18. The van der Waals surface area contributed by atoms with Crippen LogP contribution in [-0.2, 0) is 4.79 Å². The zero-order chi connectivity index (χ0) is 22.0. The molecule has 8 heteroatoms. The number of fused-ring (bicyclic) bond motifs is 1. The SMILES string of the molecule is O=C(CCCN1C(=O)c2ccc(Br)cc2C1=O)Nc1cccc(C(=O)N2CCCC2)c1. The molecule has 2 aromatic carbocycles. The molecule has 4 rings (SSSR count). The maximum atomic E-state index is 12.5. The number of carbonyl (C=O) groups excluding carboxylic acids is 4. The summed E-state index contributed by atoms with van der Waals surface area (Å²) in [7, 11) is 0. The molecule has 0 radical (unpaired) electrons. The first-order chi connectivity index (χ1) is 14.9. The van der Waals surface area contributed by atoms with E-state index in [0.717, 1.165) is 30.4 Å². The number of carbonyl (C=O) groups is 4. The van der Waals surface area contributed by atoms with Gasteiger partial charge < -0.3 is 10.2 Å². The summed E-state index contributed by atoms with van der Waals surface area (Å²) in [5.41, 5.74) is 1.87. The minimum atomic E-state index is -0.338. The van der Waals surface area contributed by atoms with Gasteiger partial charge in [0.1, 0.15) is 0 Å². The molecule has 1 saturated heterocycles. The molecule has 4 amide bonds. The molecule has 1 N–H and O–H groups in total. The molecular formula is C23H22BrN3O4. The highest BCUT2D eigenvalue weighted by molar-refractivity contribution is 9.10. The summed E-state index contributed by atoms with van der Waals surface area (Å²) in [5.74, 6) is -0.924. The standard InChI is InChI=1S/C23H22BrN3O4/c24-16-8-9-18-19(14-16)23(31)27(22(18)30)12-4-7-20(28)25-17-6-3-5-15(13-17)21(29)26-10-1-2-11-26/h3,5-6,8-9,13-14H,1-2,4,7,10-12H2,(H,25,28). The summed E-state index contributed by atoms with van der Waals surface area (Å²) < 4.78 is 0.735. The van der Waals surface area contributed by atoms with E-state index < -0.39 is 0 Å². The van der Waals surface area contributed by atoms with E-state index in [-0.39, 0.29) is 36.6 Å². The fourth-order valence-electron chi connectivity index (χ4n) is 3.92. The van der Waals surface area contributed by atoms with Crippen molar-refractivity contribution in [2.45, 2.75) is 25.7 Å². The van der Waals surface area contributed by atoms with E-state index in [1.807, 2.05) is 4.90 Å². The molecule has 2 aliphatic rings. The lowest BCUT2D eigenvalue weighted by atomic mass is 10.1. The van der Waals surface area contributed by atoms with Crippen LogP contribution in [0.2, 0.25) is 0 Å². The number of nitrogens with one attached hydrogen (secondary N) is 1. The van der Waals surface area contributed by atoms with Crippen molar-refractivity contribution in [3.63, 3.8) is 0 Å². The Hall–Kier alpha value is -3.00. The Balaban J connectivity index is 1.30. The lowest BCUT2D eigenvalue weighted by Crippen LogP contribution is -2.31. The zero-order valence-electron chi connectivity index (χ0n) is 16.9. The maximum Gasteiger partial charge on any atom is 0.261 e. The van der Waals surface area contributed by atoms with Crippen molar-refractivity contribution in [2.75, 3.05) is 25.0 Å². The van der Waals surface area contributed by atoms with Gasteiger partial charge in [-0.05, 0) is 55.7 Å². The Bertz CT molecular complexity index is 1060. The van der Waals surface area contributed by atoms with Gasteiger partial charge in [-0.2, -0.15) is 0 Å². The number of benzene rings is 2. The molecule has 0 aromatic heterocycles. The van der Waals surface area contributed by atoms with Crippen LogP contribution in [0.25, 0.3) is 0 Å². The Morgan fingerprint density at radius 3 is 2.48 bits per heavy atom. The van der Waals surface area contributed by atoms with Crippen molar-refractivity contribution in [1.82, 2.24) is 9.80 Å². The lowest BCUT2D eigenvalue weighted by molar-refractivity contribution is -0.116. The van der Waals surface area contributed by atoms with Crippen molar-refractivity contribution < 1.29 is 19.2 Å². The number of hydrogen-bond acceptors (Lipinski definition) is 4. The Morgan fingerprint density at radius 1 is 0.968 bits per heavy atom. The van der Waals surface area contributed by atoms with Crippen molar-refractivity contribution in [2.24, 2.45) is 0 Å². The second kappa shape index (κ2) is 9.01. The van der Waals surface area contributed by atoms with Crippen molar-refractivity contribution >= 4 is 45.2 Å². The van der Waals surface area contributed by atoms with Gasteiger partial charge >= 0.3 is 0 Å².